The largest absolute Gasteiger partial charge is 0.327 e. The van der Waals surface area contributed by atoms with Crippen LogP contribution in [0.5, 0.6) is 0 Å². The van der Waals surface area contributed by atoms with Gasteiger partial charge in [-0.1, -0.05) is 6.42 Å². The van der Waals surface area contributed by atoms with E-state index in [2.05, 4.69) is 5.32 Å². The van der Waals surface area contributed by atoms with E-state index in [0.717, 1.165) is 19.3 Å². The van der Waals surface area contributed by atoms with Crippen LogP contribution in [0.1, 0.15) is 26.2 Å². The lowest BCUT2D eigenvalue weighted by atomic mass is 9.84. The summed E-state index contributed by atoms with van der Waals surface area (Å²) in [5.74, 6) is -0.377. The molecule has 3 N–H and O–H groups in total. The highest BCUT2D eigenvalue weighted by Crippen LogP contribution is 2.38. The Morgan fingerprint density at radius 3 is 2.89 bits per heavy atom. The van der Waals surface area contributed by atoms with E-state index in [9.17, 15) is 9.18 Å². The van der Waals surface area contributed by atoms with E-state index in [1.807, 2.05) is 29.5 Å². The summed E-state index contributed by atoms with van der Waals surface area (Å²) in [6.45, 7) is 1.90. The minimum absolute atomic E-state index is 0.0722. The SMILES string of the molecule is CC1(C(=O)Nc2ccc(F)cc2I)CCCC1N. The standard InChI is InChI=1S/C13H16FIN2O/c1-13(6-2-3-11(13)16)12(18)17-10-5-4-8(14)7-9(10)15/h4-5,7,11H,2-3,6,16H2,1H3,(H,17,18). The van der Waals surface area contributed by atoms with Gasteiger partial charge >= 0.3 is 0 Å². The third-order valence-corrected chi connectivity index (χ3v) is 4.62. The molecule has 2 unspecified atom stereocenters. The molecule has 0 spiro atoms. The van der Waals surface area contributed by atoms with Gasteiger partial charge in [0.2, 0.25) is 5.91 Å². The number of amides is 1. The quantitative estimate of drug-likeness (QED) is 0.795. The van der Waals surface area contributed by atoms with Gasteiger partial charge in [-0.25, -0.2) is 4.39 Å². The third-order valence-electron chi connectivity index (χ3n) is 3.73. The monoisotopic (exact) mass is 362 g/mol. The van der Waals surface area contributed by atoms with E-state index in [4.69, 9.17) is 5.73 Å². The lowest BCUT2D eigenvalue weighted by Gasteiger charge is -2.27. The van der Waals surface area contributed by atoms with Crippen LogP contribution in [0.2, 0.25) is 0 Å². The van der Waals surface area contributed by atoms with Crippen LogP contribution in [-0.4, -0.2) is 11.9 Å². The maximum atomic E-state index is 13.0. The molecule has 98 valence electrons. The third kappa shape index (κ3) is 2.51. The lowest BCUT2D eigenvalue weighted by molar-refractivity contribution is -0.125. The minimum Gasteiger partial charge on any atom is -0.327 e. The Morgan fingerprint density at radius 2 is 2.33 bits per heavy atom. The molecule has 0 radical (unpaired) electrons. The van der Waals surface area contributed by atoms with Crippen molar-refractivity contribution in [2.45, 2.75) is 32.2 Å². The predicted octanol–water partition coefficient (Wildman–Crippen LogP) is 2.89. The Labute approximate surface area is 119 Å². The van der Waals surface area contributed by atoms with Crippen molar-refractivity contribution in [3.63, 3.8) is 0 Å². The zero-order valence-corrected chi connectivity index (χ0v) is 12.3. The number of benzene rings is 1. The van der Waals surface area contributed by atoms with E-state index >= 15 is 0 Å². The number of nitrogens with one attached hydrogen (secondary N) is 1. The number of halogens is 2. The first-order valence-electron chi connectivity index (χ1n) is 5.95. The molecule has 2 rings (SSSR count). The van der Waals surface area contributed by atoms with E-state index in [0.29, 0.717) is 9.26 Å². The van der Waals surface area contributed by atoms with Gasteiger partial charge in [-0.05, 0) is 60.6 Å². The normalized spacial score (nSPS) is 27.2. The van der Waals surface area contributed by atoms with Crippen molar-refractivity contribution in [1.82, 2.24) is 0 Å². The number of hydrogen-bond acceptors (Lipinski definition) is 2. The summed E-state index contributed by atoms with van der Waals surface area (Å²) in [4.78, 5) is 12.3. The van der Waals surface area contributed by atoms with Crippen molar-refractivity contribution in [3.05, 3.63) is 27.6 Å². The molecule has 1 aromatic rings. The Hall–Kier alpha value is -0.690. The number of rotatable bonds is 2. The van der Waals surface area contributed by atoms with Crippen LogP contribution in [0.15, 0.2) is 18.2 Å². The summed E-state index contributed by atoms with van der Waals surface area (Å²) in [7, 11) is 0. The van der Waals surface area contributed by atoms with Crippen LogP contribution in [0.25, 0.3) is 0 Å². The summed E-state index contributed by atoms with van der Waals surface area (Å²) in [5.41, 5.74) is 6.13. The van der Waals surface area contributed by atoms with Gasteiger partial charge in [-0.3, -0.25) is 4.79 Å². The molecule has 18 heavy (non-hydrogen) atoms. The predicted molar refractivity (Wildman–Crippen MR) is 77.7 cm³/mol. The second-order valence-electron chi connectivity index (χ2n) is 4.99. The van der Waals surface area contributed by atoms with E-state index in [-0.39, 0.29) is 17.8 Å². The maximum absolute atomic E-state index is 13.0. The molecule has 3 nitrogen and oxygen atoms in total. The van der Waals surface area contributed by atoms with Crippen molar-refractivity contribution in [1.29, 1.82) is 0 Å². The molecule has 5 heteroatoms. The summed E-state index contributed by atoms with van der Waals surface area (Å²) in [6.07, 6.45) is 2.66. The van der Waals surface area contributed by atoms with Crippen molar-refractivity contribution in [2.24, 2.45) is 11.1 Å². The van der Waals surface area contributed by atoms with Gasteiger partial charge in [0.05, 0.1) is 11.1 Å². The molecule has 1 fully saturated rings. The zero-order chi connectivity index (χ0) is 13.3. The van der Waals surface area contributed by atoms with Gasteiger partial charge in [0, 0.05) is 9.61 Å². The topological polar surface area (TPSA) is 55.1 Å². The molecule has 1 saturated carbocycles. The molecule has 0 saturated heterocycles. The average molecular weight is 362 g/mol. The molecule has 2 atom stereocenters. The maximum Gasteiger partial charge on any atom is 0.231 e. The first-order valence-corrected chi connectivity index (χ1v) is 7.03. The van der Waals surface area contributed by atoms with Crippen LogP contribution >= 0.6 is 22.6 Å². The number of carbonyl (C=O) groups excluding carboxylic acids is 1. The molecule has 1 amide bonds. The van der Waals surface area contributed by atoms with Crippen LogP contribution in [0.4, 0.5) is 10.1 Å². The summed E-state index contributed by atoms with van der Waals surface area (Å²) < 4.78 is 13.7. The second-order valence-corrected chi connectivity index (χ2v) is 6.16. The average Bonchev–Trinajstić information content (AvgIpc) is 2.64. The molecular weight excluding hydrogens is 346 g/mol. The fourth-order valence-corrected chi connectivity index (χ4v) is 2.94. The highest BCUT2D eigenvalue weighted by atomic mass is 127. The summed E-state index contributed by atoms with van der Waals surface area (Å²) >= 11 is 2.01. The molecule has 1 aliphatic carbocycles. The molecule has 0 aliphatic heterocycles. The Bertz CT molecular complexity index is 480. The van der Waals surface area contributed by atoms with Gasteiger partial charge < -0.3 is 11.1 Å². The van der Waals surface area contributed by atoms with Crippen LogP contribution in [0.3, 0.4) is 0 Å². The smallest absolute Gasteiger partial charge is 0.231 e. The molecule has 0 aromatic heterocycles. The molecule has 1 aromatic carbocycles. The lowest BCUT2D eigenvalue weighted by Crippen LogP contribution is -2.44. The van der Waals surface area contributed by atoms with Crippen LogP contribution in [0, 0.1) is 14.8 Å². The highest BCUT2D eigenvalue weighted by Gasteiger charge is 2.43. The van der Waals surface area contributed by atoms with Crippen molar-refractivity contribution in [3.8, 4) is 0 Å². The van der Waals surface area contributed by atoms with E-state index < -0.39 is 5.41 Å². The fraction of sp³-hybridized carbons (Fsp3) is 0.462. The summed E-state index contributed by atoms with van der Waals surface area (Å²) in [6, 6.07) is 4.22. The van der Waals surface area contributed by atoms with Crippen molar-refractivity contribution < 1.29 is 9.18 Å². The molecule has 0 heterocycles. The first kappa shape index (κ1) is 13.7. The Morgan fingerprint density at radius 1 is 1.61 bits per heavy atom. The van der Waals surface area contributed by atoms with Gasteiger partial charge in [-0.2, -0.15) is 0 Å². The van der Waals surface area contributed by atoms with Gasteiger partial charge in [-0.15, -0.1) is 0 Å². The summed E-state index contributed by atoms with van der Waals surface area (Å²) in [5, 5.41) is 2.86. The highest BCUT2D eigenvalue weighted by molar-refractivity contribution is 14.1. The number of anilines is 1. The second kappa shape index (κ2) is 5.13. The Balaban J connectivity index is 2.16. The Kier molecular flexibility index (Phi) is 3.91. The number of nitrogens with two attached hydrogens (primary N) is 1. The fourth-order valence-electron chi connectivity index (χ4n) is 2.33. The van der Waals surface area contributed by atoms with Gasteiger partial charge in [0.1, 0.15) is 5.82 Å². The zero-order valence-electron chi connectivity index (χ0n) is 10.2. The van der Waals surface area contributed by atoms with Crippen molar-refractivity contribution >= 4 is 34.2 Å². The van der Waals surface area contributed by atoms with Crippen LogP contribution < -0.4 is 11.1 Å². The van der Waals surface area contributed by atoms with Gasteiger partial charge in [0.25, 0.3) is 0 Å². The molecule has 1 aliphatic rings. The molecular formula is C13H16FIN2O. The van der Waals surface area contributed by atoms with E-state index in [1.54, 1.807) is 6.07 Å². The number of carbonyl (C=O) groups is 1. The molecule has 0 bridgehead atoms. The van der Waals surface area contributed by atoms with Crippen LogP contribution in [-0.2, 0) is 4.79 Å². The minimum atomic E-state index is -0.516. The van der Waals surface area contributed by atoms with Crippen molar-refractivity contribution in [2.75, 3.05) is 5.32 Å². The number of hydrogen-bond donors (Lipinski definition) is 2. The van der Waals surface area contributed by atoms with E-state index in [1.165, 1.54) is 12.1 Å². The first-order chi connectivity index (χ1) is 8.43. The van der Waals surface area contributed by atoms with Gasteiger partial charge in [0.15, 0.2) is 0 Å².